The molecule has 356 valence electrons. The smallest absolute Gasteiger partial charge is 0.0164 e. The minimum Gasteiger partial charge on any atom is -0.317 e. The van der Waals surface area contributed by atoms with Crippen LogP contribution in [0.2, 0.25) is 0 Å². The van der Waals surface area contributed by atoms with Crippen molar-refractivity contribution < 1.29 is 0 Å². The summed E-state index contributed by atoms with van der Waals surface area (Å²) in [6.45, 7) is 26.1. The molecular weight excluding hydrogens is 753 g/mol. The molecule has 0 aromatic heterocycles. The first-order chi connectivity index (χ1) is 29.8. The highest BCUT2D eigenvalue weighted by atomic mass is 15.3. The summed E-state index contributed by atoms with van der Waals surface area (Å²) in [7, 11) is 0. The Kier molecular flexibility index (Phi) is 15.3. The third-order valence-corrected chi connectivity index (χ3v) is 22.0. The van der Waals surface area contributed by atoms with E-state index in [0.29, 0.717) is 10.8 Å². The number of nitrogens with zero attached hydrogens (tertiary/aromatic N) is 2. The lowest BCUT2D eigenvalue weighted by molar-refractivity contribution is -0.166. The van der Waals surface area contributed by atoms with Gasteiger partial charge in [-0.15, -0.1) is 0 Å². The molecule has 7 saturated carbocycles. The average molecular weight is 857 g/mol. The van der Waals surface area contributed by atoms with E-state index in [4.69, 9.17) is 0 Å². The van der Waals surface area contributed by atoms with E-state index < -0.39 is 0 Å². The van der Waals surface area contributed by atoms with Crippen LogP contribution in [0.25, 0.3) is 0 Å². The van der Waals surface area contributed by atoms with Crippen molar-refractivity contribution in [2.45, 2.75) is 259 Å². The summed E-state index contributed by atoms with van der Waals surface area (Å²) in [6, 6.07) is 5.01. The number of fused-ring (bicyclic) bond motifs is 2. The zero-order valence-corrected chi connectivity index (χ0v) is 42.5. The molecule has 4 heteroatoms. The molecule has 7 aliphatic carbocycles. The summed E-state index contributed by atoms with van der Waals surface area (Å²) in [6.07, 6.45) is 38.9. The maximum Gasteiger partial charge on any atom is 0.0164 e. The van der Waals surface area contributed by atoms with Crippen molar-refractivity contribution in [1.82, 2.24) is 20.4 Å². The average Bonchev–Trinajstić information content (AvgIpc) is 3.28. The van der Waals surface area contributed by atoms with Gasteiger partial charge in [0.1, 0.15) is 0 Å². The zero-order chi connectivity index (χ0) is 43.2. The molecule has 2 N–H and O–H groups in total. The van der Waals surface area contributed by atoms with Crippen molar-refractivity contribution in [3.05, 3.63) is 0 Å². The van der Waals surface area contributed by atoms with E-state index >= 15 is 0 Å². The number of nitrogens with one attached hydrogen (secondary N) is 2. The molecule has 8 unspecified atom stereocenters. The fourth-order valence-corrected chi connectivity index (χ4v) is 18.2. The highest BCUT2D eigenvalue weighted by molar-refractivity contribution is 5.13. The Balaban J connectivity index is 1.10. The first kappa shape index (κ1) is 46.9. The van der Waals surface area contributed by atoms with Crippen LogP contribution in [0.4, 0.5) is 0 Å². The van der Waals surface area contributed by atoms with Gasteiger partial charge in [-0.05, 0) is 275 Å². The topological polar surface area (TPSA) is 30.5 Å². The van der Waals surface area contributed by atoms with Gasteiger partial charge < -0.3 is 10.6 Å². The second-order valence-corrected chi connectivity index (χ2v) is 27.4. The van der Waals surface area contributed by atoms with Crippen LogP contribution in [0, 0.1) is 81.8 Å². The first-order valence-electron chi connectivity index (χ1n) is 28.8. The Morgan fingerprint density at radius 3 is 0.919 bits per heavy atom. The van der Waals surface area contributed by atoms with Gasteiger partial charge in [0, 0.05) is 36.3 Å². The van der Waals surface area contributed by atoms with Crippen LogP contribution in [-0.4, -0.2) is 72.2 Å². The SMILES string of the molecule is CC1CCC(N(C2CCC(C3CCNCC3)CC2)C2C3CCC(C(C)(C)C)CC3C(N(C3CCC(C)CC3)C3CCC(C4CCNCC4)CC3)C3CCC(C(C)(C)C)CC32)CC1. The Morgan fingerprint density at radius 2 is 0.613 bits per heavy atom. The summed E-state index contributed by atoms with van der Waals surface area (Å²) in [5.41, 5.74) is 0.825. The largest absolute Gasteiger partial charge is 0.317 e. The molecule has 9 aliphatic rings. The Morgan fingerprint density at radius 1 is 0.323 bits per heavy atom. The predicted molar refractivity (Wildman–Crippen MR) is 264 cm³/mol. The number of hydrogen-bond donors (Lipinski definition) is 2. The van der Waals surface area contributed by atoms with Crippen LogP contribution in [0.15, 0.2) is 0 Å². The first-order valence-corrected chi connectivity index (χ1v) is 28.8. The molecule has 9 rings (SSSR count). The molecule has 0 spiro atoms. The fraction of sp³-hybridized carbons (Fsp3) is 1.00. The maximum atomic E-state index is 3.71. The highest BCUT2D eigenvalue weighted by Crippen LogP contribution is 2.61. The molecule has 0 aromatic carbocycles. The third kappa shape index (κ3) is 10.3. The van der Waals surface area contributed by atoms with Crippen LogP contribution in [0.3, 0.4) is 0 Å². The van der Waals surface area contributed by atoms with Crippen molar-refractivity contribution in [2.75, 3.05) is 26.2 Å². The summed E-state index contributed by atoms with van der Waals surface area (Å²) in [5.74, 6) is 11.2. The van der Waals surface area contributed by atoms with Gasteiger partial charge in [0.15, 0.2) is 0 Å². The summed E-state index contributed by atoms with van der Waals surface area (Å²) in [5, 5.41) is 7.41. The lowest BCUT2D eigenvalue weighted by Crippen LogP contribution is -2.70. The van der Waals surface area contributed by atoms with Gasteiger partial charge in [-0.3, -0.25) is 9.80 Å². The van der Waals surface area contributed by atoms with Crippen LogP contribution in [0.5, 0.6) is 0 Å². The van der Waals surface area contributed by atoms with E-state index in [1.165, 1.54) is 193 Å². The summed E-state index contributed by atoms with van der Waals surface area (Å²) in [4.78, 5) is 7.07. The van der Waals surface area contributed by atoms with Gasteiger partial charge in [-0.1, -0.05) is 55.4 Å². The highest BCUT2D eigenvalue weighted by Gasteiger charge is 2.60. The second-order valence-electron chi connectivity index (χ2n) is 27.4. The van der Waals surface area contributed by atoms with Gasteiger partial charge in [0.05, 0.1) is 0 Å². The summed E-state index contributed by atoms with van der Waals surface area (Å²) < 4.78 is 0. The third-order valence-electron chi connectivity index (χ3n) is 22.0. The lowest BCUT2D eigenvalue weighted by Gasteiger charge is -2.66. The van der Waals surface area contributed by atoms with E-state index in [0.717, 1.165) is 107 Å². The van der Waals surface area contributed by atoms with E-state index in [1.54, 1.807) is 0 Å². The Hall–Kier alpha value is -0.160. The fourth-order valence-electron chi connectivity index (χ4n) is 18.2. The van der Waals surface area contributed by atoms with Crippen LogP contribution >= 0.6 is 0 Å². The Bertz CT molecular complexity index is 1250. The van der Waals surface area contributed by atoms with Gasteiger partial charge in [-0.2, -0.15) is 0 Å². The summed E-state index contributed by atoms with van der Waals surface area (Å²) >= 11 is 0. The minimum atomic E-state index is 0.413. The molecular formula is C58H104N4. The quantitative estimate of drug-likeness (QED) is 0.255. The Labute approximate surface area is 385 Å². The standard InChI is InChI=1S/C58H104N4/c1-39-9-19-47(20-10-39)61(49-23-13-41(14-24-49)43-29-33-59-34-30-43)55-51-27-17-46(58(6,7)8)38-54(51)56(52-28-18-45(37-53(52)55)57(3,4)5)62(48-21-11-40(2)12-22-48)50-25-15-42(16-26-50)44-31-35-60-36-32-44/h39-56,59-60H,9-38H2,1-8H3. The van der Waals surface area contributed by atoms with Crippen LogP contribution in [-0.2, 0) is 0 Å². The molecule has 2 saturated heterocycles. The van der Waals surface area contributed by atoms with Gasteiger partial charge in [0.2, 0.25) is 0 Å². The predicted octanol–water partition coefficient (Wildman–Crippen LogP) is 13.8. The van der Waals surface area contributed by atoms with E-state index in [9.17, 15) is 0 Å². The number of hydrogen-bond acceptors (Lipinski definition) is 4. The van der Waals surface area contributed by atoms with Gasteiger partial charge >= 0.3 is 0 Å². The van der Waals surface area contributed by atoms with E-state index in [1.807, 2.05) is 0 Å². The van der Waals surface area contributed by atoms with Crippen molar-refractivity contribution in [3.63, 3.8) is 0 Å². The van der Waals surface area contributed by atoms with E-state index in [-0.39, 0.29) is 0 Å². The maximum absolute atomic E-state index is 3.71. The van der Waals surface area contributed by atoms with Crippen LogP contribution in [0.1, 0.15) is 222 Å². The van der Waals surface area contributed by atoms with Gasteiger partial charge in [-0.25, -0.2) is 0 Å². The van der Waals surface area contributed by atoms with Crippen molar-refractivity contribution in [1.29, 1.82) is 0 Å². The molecule has 9 fully saturated rings. The number of piperidine rings is 2. The lowest BCUT2D eigenvalue weighted by atomic mass is 9.49. The number of rotatable bonds is 8. The molecule has 8 atom stereocenters. The molecule has 2 heterocycles. The van der Waals surface area contributed by atoms with Crippen molar-refractivity contribution in [3.8, 4) is 0 Å². The molecule has 4 nitrogen and oxygen atoms in total. The van der Waals surface area contributed by atoms with Crippen molar-refractivity contribution >= 4 is 0 Å². The molecule has 0 amide bonds. The van der Waals surface area contributed by atoms with Crippen LogP contribution < -0.4 is 10.6 Å². The zero-order valence-electron chi connectivity index (χ0n) is 42.5. The molecule has 0 radical (unpaired) electrons. The normalized spacial score (nSPS) is 44.8. The van der Waals surface area contributed by atoms with E-state index in [2.05, 4.69) is 75.8 Å². The second kappa shape index (κ2) is 20.2. The van der Waals surface area contributed by atoms with Crippen molar-refractivity contribution in [2.24, 2.45) is 81.8 Å². The molecule has 0 aromatic rings. The monoisotopic (exact) mass is 857 g/mol. The van der Waals surface area contributed by atoms with Gasteiger partial charge in [0.25, 0.3) is 0 Å². The molecule has 2 aliphatic heterocycles. The molecule has 62 heavy (non-hydrogen) atoms. The molecule has 0 bridgehead atoms. The minimum absolute atomic E-state index is 0.413.